The van der Waals surface area contributed by atoms with Crippen LogP contribution in [0.25, 0.3) is 0 Å². The Morgan fingerprint density at radius 1 is 1.18 bits per heavy atom. The molecule has 1 N–H and O–H groups in total. The van der Waals surface area contributed by atoms with E-state index in [1.807, 2.05) is 13.8 Å². The minimum atomic E-state index is -0.347. The number of carbonyl (C=O) groups excluding carboxylic acids is 2. The van der Waals surface area contributed by atoms with Gasteiger partial charge in [0.25, 0.3) is 0 Å². The van der Waals surface area contributed by atoms with Crippen LogP contribution in [-0.4, -0.2) is 34.5 Å². The maximum atomic E-state index is 12.2. The second-order valence-corrected chi connectivity index (χ2v) is 5.54. The number of amides is 2. The number of aliphatic hydroxyl groups excluding tert-OH is 1. The molecule has 96 valence electrons. The van der Waals surface area contributed by atoms with Gasteiger partial charge in [-0.3, -0.25) is 14.5 Å². The summed E-state index contributed by atoms with van der Waals surface area (Å²) < 4.78 is 0. The molecule has 0 bridgehead atoms. The number of likely N-dealkylation sites (tertiary alicyclic amines) is 1. The standard InChI is InChI=1S/C13H21NO3/c1-8(2)11(7-15)14-12(16)9-5-3-4-6-10(9)13(14)17/h8-11,15H,3-7H2,1-2H3/t9?,10?,11-/m0/s1. The number of carbonyl (C=O) groups is 2. The van der Waals surface area contributed by atoms with Gasteiger partial charge in [-0.2, -0.15) is 0 Å². The Morgan fingerprint density at radius 2 is 1.65 bits per heavy atom. The fraction of sp³-hybridized carbons (Fsp3) is 0.846. The Morgan fingerprint density at radius 3 is 2.00 bits per heavy atom. The van der Waals surface area contributed by atoms with Crippen LogP contribution in [0.2, 0.25) is 0 Å². The zero-order valence-corrected chi connectivity index (χ0v) is 10.6. The van der Waals surface area contributed by atoms with E-state index in [1.54, 1.807) is 0 Å². The van der Waals surface area contributed by atoms with Crippen molar-refractivity contribution in [2.45, 2.75) is 45.6 Å². The maximum Gasteiger partial charge on any atom is 0.233 e. The first kappa shape index (κ1) is 12.6. The molecule has 4 nitrogen and oxygen atoms in total. The Kier molecular flexibility index (Phi) is 3.52. The van der Waals surface area contributed by atoms with Crippen LogP contribution in [-0.2, 0) is 9.59 Å². The molecule has 17 heavy (non-hydrogen) atoms. The van der Waals surface area contributed by atoms with Crippen molar-refractivity contribution in [3.05, 3.63) is 0 Å². The van der Waals surface area contributed by atoms with E-state index < -0.39 is 0 Å². The average Bonchev–Trinajstić information content (AvgIpc) is 2.56. The van der Waals surface area contributed by atoms with Crippen LogP contribution >= 0.6 is 0 Å². The van der Waals surface area contributed by atoms with Crippen LogP contribution in [0.1, 0.15) is 39.5 Å². The summed E-state index contributed by atoms with van der Waals surface area (Å²) in [7, 11) is 0. The van der Waals surface area contributed by atoms with Gasteiger partial charge in [-0.05, 0) is 18.8 Å². The van der Waals surface area contributed by atoms with Gasteiger partial charge in [0.15, 0.2) is 0 Å². The fourth-order valence-corrected chi connectivity index (χ4v) is 3.11. The number of hydrogen-bond donors (Lipinski definition) is 1. The predicted molar refractivity (Wildman–Crippen MR) is 63.0 cm³/mol. The summed E-state index contributed by atoms with van der Waals surface area (Å²) in [5, 5.41) is 9.38. The Bertz CT molecular complexity index is 303. The number of rotatable bonds is 3. The molecule has 2 aliphatic rings. The van der Waals surface area contributed by atoms with Gasteiger partial charge in [-0.1, -0.05) is 26.7 Å². The van der Waals surface area contributed by atoms with Crippen molar-refractivity contribution in [3.8, 4) is 0 Å². The highest BCUT2D eigenvalue weighted by atomic mass is 16.3. The van der Waals surface area contributed by atoms with Crippen LogP contribution in [0, 0.1) is 17.8 Å². The van der Waals surface area contributed by atoms with Crippen molar-refractivity contribution >= 4 is 11.8 Å². The Balaban J connectivity index is 2.23. The van der Waals surface area contributed by atoms with Crippen molar-refractivity contribution in [1.29, 1.82) is 0 Å². The third-order valence-electron chi connectivity index (χ3n) is 4.16. The topological polar surface area (TPSA) is 57.6 Å². The molecule has 1 aliphatic carbocycles. The summed E-state index contributed by atoms with van der Waals surface area (Å²) in [6, 6.07) is -0.347. The van der Waals surface area contributed by atoms with Crippen molar-refractivity contribution in [1.82, 2.24) is 4.90 Å². The summed E-state index contributed by atoms with van der Waals surface area (Å²) in [4.78, 5) is 25.9. The molecule has 1 saturated heterocycles. The lowest BCUT2D eigenvalue weighted by atomic mass is 9.81. The van der Waals surface area contributed by atoms with Gasteiger partial charge >= 0.3 is 0 Å². The van der Waals surface area contributed by atoms with E-state index in [1.165, 1.54) is 4.90 Å². The average molecular weight is 239 g/mol. The molecule has 3 atom stereocenters. The highest BCUT2D eigenvalue weighted by Crippen LogP contribution is 2.39. The van der Waals surface area contributed by atoms with Crippen LogP contribution in [0.5, 0.6) is 0 Å². The van der Waals surface area contributed by atoms with E-state index in [9.17, 15) is 14.7 Å². The number of imide groups is 1. The van der Waals surface area contributed by atoms with Gasteiger partial charge in [-0.15, -0.1) is 0 Å². The monoisotopic (exact) mass is 239 g/mol. The maximum absolute atomic E-state index is 12.2. The highest BCUT2D eigenvalue weighted by Gasteiger charge is 2.50. The number of fused-ring (bicyclic) bond motifs is 1. The lowest BCUT2D eigenvalue weighted by molar-refractivity contribution is -0.145. The van der Waals surface area contributed by atoms with Crippen LogP contribution in [0.15, 0.2) is 0 Å². The molecule has 1 heterocycles. The van der Waals surface area contributed by atoms with Crippen molar-refractivity contribution in [3.63, 3.8) is 0 Å². The fourth-order valence-electron chi connectivity index (χ4n) is 3.11. The van der Waals surface area contributed by atoms with E-state index in [4.69, 9.17) is 0 Å². The van der Waals surface area contributed by atoms with E-state index in [2.05, 4.69) is 0 Å². The second-order valence-electron chi connectivity index (χ2n) is 5.54. The minimum absolute atomic E-state index is 0.0487. The van der Waals surface area contributed by atoms with Gasteiger partial charge in [0.05, 0.1) is 24.5 Å². The van der Waals surface area contributed by atoms with E-state index >= 15 is 0 Å². The molecule has 2 amide bonds. The first-order valence-electron chi connectivity index (χ1n) is 6.55. The van der Waals surface area contributed by atoms with Gasteiger partial charge in [0.2, 0.25) is 11.8 Å². The normalized spacial score (nSPS) is 30.9. The van der Waals surface area contributed by atoms with Gasteiger partial charge in [0.1, 0.15) is 0 Å². The number of aliphatic hydroxyl groups is 1. The van der Waals surface area contributed by atoms with Gasteiger partial charge in [-0.25, -0.2) is 0 Å². The molecule has 4 heteroatoms. The highest BCUT2D eigenvalue weighted by molar-refractivity contribution is 6.05. The van der Waals surface area contributed by atoms with E-state index in [-0.39, 0.29) is 42.2 Å². The summed E-state index contributed by atoms with van der Waals surface area (Å²) in [5.41, 5.74) is 0. The van der Waals surface area contributed by atoms with E-state index in [0.29, 0.717) is 0 Å². The molecule has 2 fully saturated rings. The second kappa shape index (κ2) is 4.77. The zero-order valence-electron chi connectivity index (χ0n) is 10.6. The van der Waals surface area contributed by atoms with Gasteiger partial charge in [0, 0.05) is 0 Å². The van der Waals surface area contributed by atoms with E-state index in [0.717, 1.165) is 25.7 Å². The van der Waals surface area contributed by atoms with Crippen molar-refractivity contribution < 1.29 is 14.7 Å². The first-order valence-corrected chi connectivity index (χ1v) is 6.55. The lowest BCUT2D eigenvalue weighted by Crippen LogP contribution is -2.45. The number of hydrogen-bond acceptors (Lipinski definition) is 3. The molecule has 0 aromatic carbocycles. The molecule has 1 aliphatic heterocycles. The minimum Gasteiger partial charge on any atom is -0.394 e. The molecule has 1 saturated carbocycles. The first-order chi connectivity index (χ1) is 8.07. The Labute approximate surface area is 102 Å². The SMILES string of the molecule is CC(C)[C@H](CO)N1C(=O)C2CCCCC2C1=O. The molecular weight excluding hydrogens is 218 g/mol. The molecule has 2 rings (SSSR count). The predicted octanol–water partition coefficient (Wildman–Crippen LogP) is 1.18. The third kappa shape index (κ3) is 1.99. The van der Waals surface area contributed by atoms with Crippen LogP contribution < -0.4 is 0 Å². The summed E-state index contributed by atoms with van der Waals surface area (Å²) >= 11 is 0. The molecule has 0 aromatic heterocycles. The van der Waals surface area contributed by atoms with Crippen LogP contribution in [0.4, 0.5) is 0 Å². The summed E-state index contributed by atoms with van der Waals surface area (Å²) in [6.07, 6.45) is 3.75. The number of nitrogens with zero attached hydrogens (tertiary/aromatic N) is 1. The largest absolute Gasteiger partial charge is 0.394 e. The van der Waals surface area contributed by atoms with Gasteiger partial charge < -0.3 is 5.11 Å². The van der Waals surface area contributed by atoms with Crippen LogP contribution in [0.3, 0.4) is 0 Å². The summed E-state index contributed by atoms with van der Waals surface area (Å²) in [6.45, 7) is 3.74. The van der Waals surface area contributed by atoms with Crippen molar-refractivity contribution in [2.75, 3.05) is 6.61 Å². The molecule has 2 unspecified atom stereocenters. The smallest absolute Gasteiger partial charge is 0.233 e. The quantitative estimate of drug-likeness (QED) is 0.752. The molecule has 0 aromatic rings. The third-order valence-corrected chi connectivity index (χ3v) is 4.16. The lowest BCUT2D eigenvalue weighted by Gasteiger charge is -2.28. The molecule has 0 radical (unpaired) electrons. The summed E-state index contributed by atoms with van der Waals surface area (Å²) in [5.74, 6) is -0.207. The molecule has 0 spiro atoms. The zero-order chi connectivity index (χ0) is 12.6. The molecular formula is C13H21NO3. The van der Waals surface area contributed by atoms with Crippen molar-refractivity contribution in [2.24, 2.45) is 17.8 Å². The Hall–Kier alpha value is -0.900.